The van der Waals surface area contributed by atoms with Gasteiger partial charge in [0.05, 0.1) is 11.3 Å². The minimum absolute atomic E-state index is 0.0879. The molecule has 1 amide bonds. The molecule has 2 heterocycles. The number of benzene rings is 3. The number of hydrogen-bond acceptors (Lipinski definition) is 4. The number of nitrogens with one attached hydrogen (secondary N) is 1. The Hall–Kier alpha value is -3.97. The van der Waals surface area contributed by atoms with Crippen LogP contribution >= 0.6 is 11.8 Å². The zero-order valence-corrected chi connectivity index (χ0v) is 18.2. The highest BCUT2D eigenvalue weighted by Gasteiger charge is 2.36. The fourth-order valence-corrected chi connectivity index (χ4v) is 4.41. The van der Waals surface area contributed by atoms with E-state index < -0.39 is 5.91 Å². The number of carbonyl (C=O) groups is 1. The van der Waals surface area contributed by atoms with E-state index in [2.05, 4.69) is 4.99 Å². The first-order valence-corrected chi connectivity index (χ1v) is 11.1. The summed E-state index contributed by atoms with van der Waals surface area (Å²) in [5.74, 6) is -0.0839. The molecule has 0 aromatic heterocycles. The standard InChI is InChI=1S/C26H18FN3O2S/c27-22-9-5-4-8-19(22)15-32-20-12-10-17(11-13-20)14-21-24(28)30-23(18-6-2-1-3-7-18)16-33-26(30)29-25(21)31/h1-14,16,28H,15H2/b21-14-,28-24?. The summed E-state index contributed by atoms with van der Waals surface area (Å²) >= 11 is 1.33. The second-order valence-corrected chi connectivity index (χ2v) is 8.21. The van der Waals surface area contributed by atoms with Crippen LogP contribution in [0.4, 0.5) is 4.39 Å². The second-order valence-electron chi connectivity index (χ2n) is 7.38. The maximum atomic E-state index is 13.8. The lowest BCUT2D eigenvalue weighted by Crippen LogP contribution is -2.38. The number of ether oxygens (including phenoxy) is 1. The van der Waals surface area contributed by atoms with Crippen LogP contribution in [0, 0.1) is 11.2 Å². The summed E-state index contributed by atoms with van der Waals surface area (Å²) in [4.78, 5) is 18.5. The van der Waals surface area contributed by atoms with Gasteiger partial charge in [0.15, 0.2) is 5.17 Å². The van der Waals surface area contributed by atoms with Crippen LogP contribution in [0.15, 0.2) is 94.8 Å². The largest absolute Gasteiger partial charge is 0.489 e. The van der Waals surface area contributed by atoms with Crippen molar-refractivity contribution in [3.8, 4) is 5.75 Å². The van der Waals surface area contributed by atoms with E-state index in [4.69, 9.17) is 10.1 Å². The van der Waals surface area contributed by atoms with Crippen molar-refractivity contribution in [3.63, 3.8) is 0 Å². The molecule has 0 unspecified atom stereocenters. The Morgan fingerprint density at radius 3 is 2.48 bits per heavy atom. The molecular weight excluding hydrogens is 437 g/mol. The summed E-state index contributed by atoms with van der Waals surface area (Å²) in [5.41, 5.74) is 3.19. The van der Waals surface area contributed by atoms with E-state index in [0.717, 1.165) is 16.8 Å². The smallest absolute Gasteiger partial charge is 0.283 e. The number of amidine groups is 2. The molecule has 0 aliphatic carbocycles. The molecule has 2 aliphatic rings. The van der Waals surface area contributed by atoms with Gasteiger partial charge in [-0.05, 0) is 35.4 Å². The van der Waals surface area contributed by atoms with Crippen molar-refractivity contribution in [2.75, 3.05) is 0 Å². The van der Waals surface area contributed by atoms with Crippen molar-refractivity contribution in [1.29, 1.82) is 5.41 Å². The molecule has 7 heteroatoms. The first-order valence-electron chi connectivity index (χ1n) is 10.2. The van der Waals surface area contributed by atoms with Gasteiger partial charge in [-0.1, -0.05) is 72.4 Å². The van der Waals surface area contributed by atoms with Crippen molar-refractivity contribution < 1.29 is 13.9 Å². The van der Waals surface area contributed by atoms with E-state index in [1.54, 1.807) is 53.4 Å². The molecule has 1 N–H and O–H groups in total. The third-order valence-electron chi connectivity index (χ3n) is 5.23. The Morgan fingerprint density at radius 1 is 1.00 bits per heavy atom. The van der Waals surface area contributed by atoms with E-state index in [1.807, 2.05) is 35.7 Å². The highest BCUT2D eigenvalue weighted by atomic mass is 32.2. The number of nitrogens with zero attached hydrogens (tertiary/aromatic N) is 2. The van der Waals surface area contributed by atoms with Crippen LogP contribution in [0.5, 0.6) is 5.75 Å². The third-order valence-corrected chi connectivity index (χ3v) is 6.05. The molecule has 3 aromatic carbocycles. The van der Waals surface area contributed by atoms with Gasteiger partial charge >= 0.3 is 0 Å². The highest BCUT2D eigenvalue weighted by Crippen LogP contribution is 2.37. The minimum atomic E-state index is -0.443. The van der Waals surface area contributed by atoms with Gasteiger partial charge in [-0.15, -0.1) is 0 Å². The van der Waals surface area contributed by atoms with Crippen LogP contribution in [-0.2, 0) is 11.4 Å². The monoisotopic (exact) mass is 455 g/mol. The molecular formula is C26H18FN3O2S. The number of rotatable bonds is 5. The van der Waals surface area contributed by atoms with Crippen LogP contribution in [0.25, 0.3) is 11.8 Å². The molecule has 0 saturated heterocycles. The normalized spacial score (nSPS) is 16.5. The number of halogens is 1. The molecule has 2 aliphatic heterocycles. The third kappa shape index (κ3) is 4.23. The quantitative estimate of drug-likeness (QED) is 0.501. The van der Waals surface area contributed by atoms with E-state index in [1.165, 1.54) is 17.8 Å². The summed E-state index contributed by atoms with van der Waals surface area (Å²) in [6.07, 6.45) is 1.65. The second kappa shape index (κ2) is 8.88. The van der Waals surface area contributed by atoms with Crippen molar-refractivity contribution in [3.05, 3.63) is 112 Å². The number of amides is 1. The lowest BCUT2D eigenvalue weighted by molar-refractivity contribution is -0.114. The first kappa shape index (κ1) is 20.9. The van der Waals surface area contributed by atoms with Crippen LogP contribution in [0.3, 0.4) is 0 Å². The Bertz CT molecular complexity index is 1330. The van der Waals surface area contributed by atoms with Crippen LogP contribution in [-0.4, -0.2) is 21.8 Å². The number of fused-ring (bicyclic) bond motifs is 1. The van der Waals surface area contributed by atoms with Crippen molar-refractivity contribution in [1.82, 2.24) is 4.90 Å². The number of carbonyl (C=O) groups excluding carboxylic acids is 1. The molecule has 5 rings (SSSR count). The molecule has 5 nitrogen and oxygen atoms in total. The summed E-state index contributed by atoms with van der Waals surface area (Å²) in [6.45, 7) is 0.120. The van der Waals surface area contributed by atoms with Gasteiger partial charge in [-0.2, -0.15) is 4.99 Å². The molecule has 33 heavy (non-hydrogen) atoms. The van der Waals surface area contributed by atoms with Gasteiger partial charge < -0.3 is 4.74 Å². The van der Waals surface area contributed by atoms with Crippen LogP contribution in [0.2, 0.25) is 0 Å². The van der Waals surface area contributed by atoms with Crippen LogP contribution < -0.4 is 4.74 Å². The van der Waals surface area contributed by atoms with Crippen molar-refractivity contribution in [2.45, 2.75) is 6.61 Å². The van der Waals surface area contributed by atoms with E-state index in [-0.39, 0.29) is 23.8 Å². The van der Waals surface area contributed by atoms with Gasteiger partial charge in [0.1, 0.15) is 24.0 Å². The molecule has 162 valence electrons. The van der Waals surface area contributed by atoms with Gasteiger partial charge in [-0.25, -0.2) is 4.39 Å². The fourth-order valence-electron chi connectivity index (χ4n) is 3.52. The molecule has 0 bridgehead atoms. The topological polar surface area (TPSA) is 65.8 Å². The number of hydrogen-bond donors (Lipinski definition) is 1. The minimum Gasteiger partial charge on any atom is -0.489 e. The SMILES string of the molecule is N=C1/C(=C/c2ccc(OCc3ccccc3F)cc2)C(=O)N=C2SC=C(c3ccccc3)N12. The van der Waals surface area contributed by atoms with Gasteiger partial charge in [0.2, 0.25) is 0 Å². The Balaban J connectivity index is 1.35. The predicted octanol–water partition coefficient (Wildman–Crippen LogP) is 5.71. The van der Waals surface area contributed by atoms with E-state index in [0.29, 0.717) is 16.5 Å². The van der Waals surface area contributed by atoms with Gasteiger partial charge in [0.25, 0.3) is 5.91 Å². The average molecular weight is 456 g/mol. The molecule has 0 saturated carbocycles. The molecule has 3 aromatic rings. The lowest BCUT2D eigenvalue weighted by atomic mass is 10.1. The summed E-state index contributed by atoms with van der Waals surface area (Å²) in [7, 11) is 0. The molecule has 0 radical (unpaired) electrons. The van der Waals surface area contributed by atoms with Gasteiger partial charge in [0, 0.05) is 11.0 Å². The molecule has 0 atom stereocenters. The Kier molecular flexibility index (Phi) is 5.62. The average Bonchev–Trinajstić information content (AvgIpc) is 3.26. The Labute approximate surface area is 194 Å². The van der Waals surface area contributed by atoms with E-state index >= 15 is 0 Å². The summed E-state index contributed by atoms with van der Waals surface area (Å²) in [5, 5.41) is 11.1. The van der Waals surface area contributed by atoms with Crippen LogP contribution in [0.1, 0.15) is 16.7 Å². The first-order chi connectivity index (χ1) is 16.1. The zero-order valence-electron chi connectivity index (χ0n) is 17.4. The maximum absolute atomic E-state index is 13.8. The summed E-state index contributed by atoms with van der Waals surface area (Å²) < 4.78 is 19.4. The van der Waals surface area contributed by atoms with Crippen molar-refractivity contribution >= 4 is 40.4 Å². The summed E-state index contributed by atoms with van der Waals surface area (Å²) in [6, 6.07) is 23.3. The predicted molar refractivity (Wildman–Crippen MR) is 129 cm³/mol. The number of thioether (sulfide) groups is 1. The number of aliphatic imine (C=N–C) groups is 1. The molecule has 0 fully saturated rings. The Morgan fingerprint density at radius 2 is 1.73 bits per heavy atom. The fraction of sp³-hybridized carbons (Fsp3) is 0.0385. The van der Waals surface area contributed by atoms with Crippen molar-refractivity contribution in [2.24, 2.45) is 4.99 Å². The van der Waals surface area contributed by atoms with Gasteiger partial charge in [-0.3, -0.25) is 15.1 Å². The maximum Gasteiger partial charge on any atom is 0.283 e. The zero-order chi connectivity index (χ0) is 22.8. The highest BCUT2D eigenvalue weighted by molar-refractivity contribution is 8.17. The molecule has 0 spiro atoms. The lowest BCUT2D eigenvalue weighted by Gasteiger charge is -2.26. The van der Waals surface area contributed by atoms with E-state index in [9.17, 15) is 9.18 Å².